The number of rotatable bonds is 7. The minimum atomic E-state index is -2.03. The zero-order valence-electron chi connectivity index (χ0n) is 12.4. The SMILES string of the molecule is CCSC(=O)[C@@H](OCc1ccccc1)[C@@](C)(O)C(=O)OC. The van der Waals surface area contributed by atoms with Gasteiger partial charge in [-0.05, 0) is 18.2 Å². The van der Waals surface area contributed by atoms with E-state index in [2.05, 4.69) is 4.74 Å². The third-order valence-corrected chi connectivity index (χ3v) is 3.66. The van der Waals surface area contributed by atoms with Crippen LogP contribution in [-0.4, -0.2) is 40.8 Å². The Hall–Kier alpha value is -1.37. The summed E-state index contributed by atoms with van der Waals surface area (Å²) in [5.74, 6) is -0.369. The van der Waals surface area contributed by atoms with E-state index in [1.807, 2.05) is 37.3 Å². The van der Waals surface area contributed by atoms with Gasteiger partial charge in [0, 0.05) is 0 Å². The molecule has 0 aliphatic rings. The first-order chi connectivity index (χ1) is 9.93. The molecule has 0 saturated heterocycles. The molecule has 0 spiro atoms. The molecule has 1 N–H and O–H groups in total. The number of aliphatic hydroxyl groups is 1. The van der Waals surface area contributed by atoms with Crippen molar-refractivity contribution < 1.29 is 24.2 Å². The topological polar surface area (TPSA) is 72.8 Å². The van der Waals surface area contributed by atoms with Crippen LogP contribution in [0.4, 0.5) is 0 Å². The van der Waals surface area contributed by atoms with Crippen LogP contribution in [0.3, 0.4) is 0 Å². The Bertz CT molecular complexity index is 472. The van der Waals surface area contributed by atoms with Gasteiger partial charge in [-0.2, -0.15) is 0 Å². The van der Waals surface area contributed by atoms with E-state index in [4.69, 9.17) is 4.74 Å². The molecule has 0 aliphatic heterocycles. The standard InChI is InChI=1S/C15H20O5S/c1-4-21-13(16)12(15(2,18)14(17)19-3)20-10-11-8-6-5-7-9-11/h5-9,12,18H,4,10H2,1-3H3/t12-,15-/m1/s1. The third-order valence-electron chi connectivity index (χ3n) is 2.87. The maximum Gasteiger partial charge on any atom is 0.340 e. The number of hydrogen-bond donors (Lipinski definition) is 1. The van der Waals surface area contributed by atoms with E-state index >= 15 is 0 Å². The Kier molecular flexibility index (Phi) is 6.87. The number of carbonyl (C=O) groups excluding carboxylic acids is 2. The number of esters is 1. The highest BCUT2D eigenvalue weighted by atomic mass is 32.2. The summed E-state index contributed by atoms with van der Waals surface area (Å²) in [6.45, 7) is 3.15. The van der Waals surface area contributed by atoms with E-state index in [1.54, 1.807) is 0 Å². The molecular weight excluding hydrogens is 292 g/mol. The molecule has 0 radical (unpaired) electrons. The second-order valence-corrected chi connectivity index (χ2v) is 5.84. The summed E-state index contributed by atoms with van der Waals surface area (Å²) in [6, 6.07) is 9.22. The minimum Gasteiger partial charge on any atom is -0.467 e. The van der Waals surface area contributed by atoms with Gasteiger partial charge in [0.25, 0.3) is 0 Å². The fourth-order valence-corrected chi connectivity index (χ4v) is 2.48. The quantitative estimate of drug-likeness (QED) is 0.774. The number of benzene rings is 1. The van der Waals surface area contributed by atoms with Gasteiger partial charge >= 0.3 is 5.97 Å². The van der Waals surface area contributed by atoms with Gasteiger partial charge in [-0.1, -0.05) is 49.0 Å². The van der Waals surface area contributed by atoms with E-state index < -0.39 is 22.8 Å². The van der Waals surface area contributed by atoms with Gasteiger partial charge in [0.2, 0.25) is 5.12 Å². The molecule has 21 heavy (non-hydrogen) atoms. The normalized spacial score (nSPS) is 15.0. The largest absolute Gasteiger partial charge is 0.467 e. The van der Waals surface area contributed by atoms with Gasteiger partial charge in [0.05, 0.1) is 13.7 Å². The van der Waals surface area contributed by atoms with Crippen LogP contribution in [0.25, 0.3) is 0 Å². The van der Waals surface area contributed by atoms with Gasteiger partial charge in [-0.15, -0.1) is 0 Å². The average molecular weight is 312 g/mol. The van der Waals surface area contributed by atoms with Crippen molar-refractivity contribution in [3.05, 3.63) is 35.9 Å². The van der Waals surface area contributed by atoms with Crippen LogP contribution in [-0.2, 0) is 25.7 Å². The molecular formula is C15H20O5S. The van der Waals surface area contributed by atoms with Crippen molar-refractivity contribution in [3.63, 3.8) is 0 Å². The average Bonchev–Trinajstić information content (AvgIpc) is 2.47. The van der Waals surface area contributed by atoms with Crippen LogP contribution in [0.15, 0.2) is 30.3 Å². The Morgan fingerprint density at radius 3 is 2.48 bits per heavy atom. The molecule has 1 aromatic rings. The molecule has 5 nitrogen and oxygen atoms in total. The highest BCUT2D eigenvalue weighted by Crippen LogP contribution is 2.22. The van der Waals surface area contributed by atoms with Crippen LogP contribution < -0.4 is 0 Å². The van der Waals surface area contributed by atoms with Crippen LogP contribution in [0.5, 0.6) is 0 Å². The van der Waals surface area contributed by atoms with E-state index in [0.29, 0.717) is 5.75 Å². The van der Waals surface area contributed by atoms with Crippen molar-refractivity contribution in [1.82, 2.24) is 0 Å². The Morgan fingerprint density at radius 1 is 1.33 bits per heavy atom. The van der Waals surface area contributed by atoms with Crippen LogP contribution in [0, 0.1) is 0 Å². The molecule has 0 unspecified atom stereocenters. The van der Waals surface area contributed by atoms with E-state index in [9.17, 15) is 14.7 Å². The van der Waals surface area contributed by atoms with E-state index in [-0.39, 0.29) is 6.61 Å². The Morgan fingerprint density at radius 2 is 1.95 bits per heavy atom. The van der Waals surface area contributed by atoms with E-state index in [1.165, 1.54) is 6.92 Å². The summed E-state index contributed by atoms with van der Waals surface area (Å²) in [5, 5.41) is 9.88. The lowest BCUT2D eigenvalue weighted by atomic mass is 10.00. The van der Waals surface area contributed by atoms with Gasteiger partial charge in [0.15, 0.2) is 11.7 Å². The number of hydrogen-bond acceptors (Lipinski definition) is 6. The predicted octanol–water partition coefficient (Wildman–Crippen LogP) is 1.78. The van der Waals surface area contributed by atoms with Crippen LogP contribution in [0.2, 0.25) is 0 Å². The highest BCUT2D eigenvalue weighted by Gasteiger charge is 2.45. The number of methoxy groups -OCH3 is 1. The molecule has 0 aliphatic carbocycles. The zero-order valence-corrected chi connectivity index (χ0v) is 13.2. The number of thioether (sulfide) groups is 1. The zero-order chi connectivity index (χ0) is 15.9. The van der Waals surface area contributed by atoms with Gasteiger partial charge in [-0.3, -0.25) is 4.79 Å². The van der Waals surface area contributed by atoms with Crippen molar-refractivity contribution in [1.29, 1.82) is 0 Å². The fraction of sp³-hybridized carbons (Fsp3) is 0.467. The molecule has 6 heteroatoms. The molecule has 0 amide bonds. The first-order valence-corrected chi connectivity index (χ1v) is 7.55. The van der Waals surface area contributed by atoms with Crippen molar-refractivity contribution in [3.8, 4) is 0 Å². The lowest BCUT2D eigenvalue weighted by molar-refractivity contribution is -0.179. The molecule has 116 valence electrons. The summed E-state index contributed by atoms with van der Waals surface area (Å²) in [6.07, 6.45) is -1.28. The Balaban J connectivity index is 2.87. The van der Waals surface area contributed by atoms with Crippen LogP contribution >= 0.6 is 11.8 Å². The van der Waals surface area contributed by atoms with Crippen LogP contribution in [0.1, 0.15) is 19.4 Å². The van der Waals surface area contributed by atoms with Gasteiger partial charge < -0.3 is 14.6 Å². The minimum absolute atomic E-state index is 0.120. The molecule has 1 aromatic carbocycles. The summed E-state index contributed by atoms with van der Waals surface area (Å²) in [4.78, 5) is 23.8. The summed E-state index contributed by atoms with van der Waals surface area (Å²) >= 11 is 0.998. The lowest BCUT2D eigenvalue weighted by Gasteiger charge is -2.28. The number of ether oxygens (including phenoxy) is 2. The van der Waals surface area contributed by atoms with Crippen molar-refractivity contribution in [2.45, 2.75) is 32.2 Å². The van der Waals surface area contributed by atoms with Gasteiger partial charge in [0.1, 0.15) is 0 Å². The summed E-state index contributed by atoms with van der Waals surface area (Å²) < 4.78 is 10.1. The predicted molar refractivity (Wildman–Crippen MR) is 80.8 cm³/mol. The summed E-state index contributed by atoms with van der Waals surface area (Å²) in [5.41, 5.74) is -1.18. The molecule has 1 rings (SSSR count). The molecule has 2 atom stereocenters. The molecule has 0 heterocycles. The lowest BCUT2D eigenvalue weighted by Crippen LogP contribution is -2.52. The highest BCUT2D eigenvalue weighted by molar-refractivity contribution is 8.13. The summed E-state index contributed by atoms with van der Waals surface area (Å²) in [7, 11) is 1.16. The Labute approximate surface area is 128 Å². The molecule has 0 fully saturated rings. The fourth-order valence-electron chi connectivity index (χ4n) is 1.75. The van der Waals surface area contributed by atoms with Crippen molar-refractivity contribution in [2.24, 2.45) is 0 Å². The maximum atomic E-state index is 12.1. The molecule has 0 aromatic heterocycles. The first-order valence-electron chi connectivity index (χ1n) is 6.56. The molecule has 0 bridgehead atoms. The smallest absolute Gasteiger partial charge is 0.340 e. The van der Waals surface area contributed by atoms with E-state index in [0.717, 1.165) is 24.4 Å². The second-order valence-electron chi connectivity index (χ2n) is 4.57. The third kappa shape index (κ3) is 4.84. The molecule has 0 saturated carbocycles. The van der Waals surface area contributed by atoms with Gasteiger partial charge in [-0.25, -0.2) is 4.79 Å². The first kappa shape index (κ1) is 17.7. The number of carbonyl (C=O) groups is 2. The monoisotopic (exact) mass is 312 g/mol. The van der Waals surface area contributed by atoms with Crippen molar-refractivity contribution >= 4 is 22.8 Å². The second kappa shape index (κ2) is 8.17. The van der Waals surface area contributed by atoms with Crippen molar-refractivity contribution in [2.75, 3.05) is 12.9 Å². The maximum absolute atomic E-state index is 12.1.